The molecule has 5 heteroatoms. The van der Waals surface area contributed by atoms with Gasteiger partial charge in [-0.15, -0.1) is 0 Å². The molecule has 0 atom stereocenters. The summed E-state index contributed by atoms with van der Waals surface area (Å²) in [6.45, 7) is 10.6. The molecule has 0 radical (unpaired) electrons. The van der Waals surface area contributed by atoms with Gasteiger partial charge in [0.1, 0.15) is 0 Å². The summed E-state index contributed by atoms with van der Waals surface area (Å²) in [5, 5.41) is 0. The average molecular weight is 270 g/mol. The summed E-state index contributed by atoms with van der Waals surface area (Å²) < 4.78 is 0. The fourth-order valence-electron chi connectivity index (χ4n) is 0. The summed E-state index contributed by atoms with van der Waals surface area (Å²) in [5.74, 6) is 0. The van der Waals surface area contributed by atoms with Crippen molar-refractivity contribution >= 4 is 16.6 Å². The zero-order chi connectivity index (χ0) is 9.00. The first-order chi connectivity index (χ1) is 4.00. The van der Waals surface area contributed by atoms with Gasteiger partial charge in [0.25, 0.3) is 0 Å². The molecule has 0 rings (SSSR count). The fourth-order valence-corrected chi connectivity index (χ4v) is 0. The van der Waals surface area contributed by atoms with Crippen LogP contribution in [-0.4, -0.2) is 16.6 Å². The van der Waals surface area contributed by atoms with Crippen molar-refractivity contribution < 1.29 is 35.8 Å². The number of hydrogen-bond acceptors (Lipinski definition) is 2. The zero-order valence-corrected chi connectivity index (χ0v) is 12.8. The summed E-state index contributed by atoms with van der Waals surface area (Å²) in [5.41, 5.74) is 0. The van der Waals surface area contributed by atoms with E-state index in [2.05, 4.69) is 0 Å². The van der Waals surface area contributed by atoms with E-state index in [9.17, 15) is 9.59 Å². The molecule has 2 nitrogen and oxygen atoms in total. The minimum absolute atomic E-state index is 0. The third-order valence-corrected chi connectivity index (χ3v) is 0. The molecule has 0 heterocycles. The predicted molar refractivity (Wildman–Crippen MR) is 46.7 cm³/mol. The Balaban J connectivity index is -0.000000107. The molecule has 0 N–H and O–H groups in total. The Morgan fingerprint density at radius 1 is 0.636 bits per heavy atom. The van der Waals surface area contributed by atoms with Gasteiger partial charge in [0.05, 0.1) is 0 Å². The van der Waals surface area contributed by atoms with Gasteiger partial charge in [0.15, 0.2) is 0 Å². The topological polar surface area (TPSA) is 46.1 Å². The molecular formula is C6H18O2Si2Zr. The summed E-state index contributed by atoms with van der Waals surface area (Å²) in [4.78, 5) is 20.5. The van der Waals surface area contributed by atoms with Gasteiger partial charge in [0.2, 0.25) is 0 Å². The van der Waals surface area contributed by atoms with Crippen LogP contribution in [0, 0.1) is 0 Å². The molecule has 0 fully saturated rings. The van der Waals surface area contributed by atoms with Gasteiger partial charge in [0, 0.05) is 0 Å². The van der Waals surface area contributed by atoms with Crippen LogP contribution < -0.4 is 9.59 Å². The van der Waals surface area contributed by atoms with Crippen LogP contribution in [0.4, 0.5) is 0 Å². The standard InChI is InChI=1S/2C3H9OSi.Zr/c2*1-5(2,3)4;/h2*1-3H3;/q2*-1;+2. The second kappa shape index (κ2) is 6.72. The molecule has 0 aromatic rings. The molecule has 0 bridgehead atoms. The Morgan fingerprint density at radius 2 is 0.636 bits per heavy atom. The molecule has 11 heavy (non-hydrogen) atoms. The minimum atomic E-state index is -1.86. The molecule has 0 amide bonds. The summed E-state index contributed by atoms with van der Waals surface area (Å²) in [7, 11) is -3.72. The fraction of sp³-hybridized carbons (Fsp3) is 1.00. The number of hydrogen-bond donors (Lipinski definition) is 0. The van der Waals surface area contributed by atoms with E-state index in [-0.39, 0.29) is 26.2 Å². The van der Waals surface area contributed by atoms with Crippen molar-refractivity contribution in [1.29, 1.82) is 0 Å². The molecule has 0 aromatic heterocycles. The van der Waals surface area contributed by atoms with Crippen molar-refractivity contribution in [3.63, 3.8) is 0 Å². The third kappa shape index (κ3) is 627. The van der Waals surface area contributed by atoms with Crippen molar-refractivity contribution in [1.82, 2.24) is 0 Å². The van der Waals surface area contributed by atoms with Crippen molar-refractivity contribution in [2.45, 2.75) is 39.3 Å². The van der Waals surface area contributed by atoms with E-state index < -0.39 is 16.6 Å². The Hall–Kier alpha value is 1.24. The van der Waals surface area contributed by atoms with E-state index in [0.717, 1.165) is 0 Å². The van der Waals surface area contributed by atoms with Crippen LogP contribution in [0.2, 0.25) is 39.3 Å². The quantitative estimate of drug-likeness (QED) is 0.596. The van der Waals surface area contributed by atoms with E-state index in [1.54, 1.807) is 39.3 Å². The Kier molecular flexibility index (Phi) is 11.1. The van der Waals surface area contributed by atoms with Crippen molar-refractivity contribution in [3.8, 4) is 0 Å². The molecule has 0 saturated heterocycles. The Bertz CT molecular complexity index is 61.6. The van der Waals surface area contributed by atoms with Crippen molar-refractivity contribution in [2.75, 3.05) is 0 Å². The molecule has 0 aliphatic rings. The molecule has 66 valence electrons. The van der Waals surface area contributed by atoms with Crippen LogP contribution in [0.1, 0.15) is 0 Å². The average Bonchev–Trinajstić information content (AvgIpc) is 1.12. The normalized spacial score (nSPS) is 10.9. The molecule has 0 unspecified atom stereocenters. The second-order valence-corrected chi connectivity index (χ2v) is 12.7. The largest absolute Gasteiger partial charge is 2.00 e. The van der Waals surface area contributed by atoms with Gasteiger partial charge >= 0.3 is 26.2 Å². The van der Waals surface area contributed by atoms with Crippen LogP contribution in [0.3, 0.4) is 0 Å². The summed E-state index contributed by atoms with van der Waals surface area (Å²) >= 11 is 0. The van der Waals surface area contributed by atoms with E-state index in [1.807, 2.05) is 0 Å². The van der Waals surface area contributed by atoms with Crippen LogP contribution >= 0.6 is 0 Å². The van der Waals surface area contributed by atoms with Crippen molar-refractivity contribution in [3.05, 3.63) is 0 Å². The first-order valence-electron chi connectivity index (χ1n) is 3.41. The molecule has 0 aliphatic carbocycles. The molecule has 0 spiro atoms. The molecule has 0 saturated carbocycles. The Morgan fingerprint density at radius 3 is 0.636 bits per heavy atom. The van der Waals surface area contributed by atoms with Gasteiger partial charge in [-0.25, -0.2) is 0 Å². The maximum Gasteiger partial charge on any atom is 2.00 e. The van der Waals surface area contributed by atoms with Crippen LogP contribution in [0.25, 0.3) is 0 Å². The number of rotatable bonds is 0. The SMILES string of the molecule is C[Si](C)(C)[O-].C[Si](C)(C)[O-].[Zr+2]. The van der Waals surface area contributed by atoms with Crippen LogP contribution in [0.15, 0.2) is 0 Å². The second-order valence-electron chi connectivity index (χ2n) is 4.22. The van der Waals surface area contributed by atoms with Gasteiger partial charge < -0.3 is 9.59 Å². The van der Waals surface area contributed by atoms with Crippen LogP contribution in [-0.2, 0) is 26.2 Å². The van der Waals surface area contributed by atoms with Gasteiger partial charge in [-0.1, -0.05) is 55.9 Å². The van der Waals surface area contributed by atoms with Gasteiger partial charge in [-0.05, 0) is 0 Å². The minimum Gasteiger partial charge on any atom is -0.859 e. The van der Waals surface area contributed by atoms with Crippen LogP contribution in [0.5, 0.6) is 0 Å². The smallest absolute Gasteiger partial charge is 0.859 e. The first kappa shape index (κ1) is 18.1. The maximum atomic E-state index is 10.2. The first-order valence-corrected chi connectivity index (χ1v) is 10.2. The summed E-state index contributed by atoms with van der Waals surface area (Å²) in [6.07, 6.45) is 0. The third-order valence-electron chi connectivity index (χ3n) is 0. The van der Waals surface area contributed by atoms with Gasteiger partial charge in [-0.3, -0.25) is 0 Å². The maximum absolute atomic E-state index is 10.2. The van der Waals surface area contributed by atoms with E-state index in [1.165, 1.54) is 0 Å². The molecule has 0 aromatic carbocycles. The van der Waals surface area contributed by atoms with Crippen molar-refractivity contribution in [2.24, 2.45) is 0 Å². The zero-order valence-electron chi connectivity index (χ0n) is 8.32. The molecular weight excluding hydrogens is 251 g/mol. The predicted octanol–water partition coefficient (Wildman–Crippen LogP) is 0.361. The monoisotopic (exact) mass is 268 g/mol. The van der Waals surface area contributed by atoms with E-state index in [4.69, 9.17) is 0 Å². The summed E-state index contributed by atoms with van der Waals surface area (Å²) in [6, 6.07) is 0. The molecule has 0 aliphatic heterocycles. The van der Waals surface area contributed by atoms with E-state index in [0.29, 0.717) is 0 Å². The van der Waals surface area contributed by atoms with E-state index >= 15 is 0 Å². The Labute approximate surface area is 91.4 Å². The van der Waals surface area contributed by atoms with Gasteiger partial charge in [-0.2, -0.15) is 0 Å².